The monoisotopic (exact) mass is 388 g/mol. The molecule has 0 atom stereocenters. The largest absolute Gasteiger partial charge is 0.338 e. The van der Waals surface area contributed by atoms with Crippen molar-refractivity contribution in [3.05, 3.63) is 46.3 Å². The second kappa shape index (κ2) is 6.99. The molecule has 1 spiro atoms. The van der Waals surface area contributed by atoms with E-state index >= 15 is 0 Å². The van der Waals surface area contributed by atoms with Crippen molar-refractivity contribution in [2.24, 2.45) is 5.41 Å². The first-order valence-electron chi connectivity index (χ1n) is 9.45. The Balaban J connectivity index is 0.00000168. The molecule has 3 heterocycles. The lowest BCUT2D eigenvalue weighted by atomic mass is 9.78. The van der Waals surface area contributed by atoms with Crippen LogP contribution in [0.25, 0.3) is 10.4 Å². The number of hydrogen-bond acceptors (Lipinski definition) is 3. The molecule has 2 saturated heterocycles. The van der Waals surface area contributed by atoms with Gasteiger partial charge in [0.25, 0.3) is 5.91 Å². The molecular formula is C21H25ClN2OS. The molecule has 2 fully saturated rings. The van der Waals surface area contributed by atoms with Crippen molar-refractivity contribution in [2.45, 2.75) is 32.1 Å². The fourth-order valence-corrected chi connectivity index (χ4v) is 5.98. The van der Waals surface area contributed by atoms with Crippen LogP contribution in [-0.4, -0.2) is 37.0 Å². The Morgan fingerprint density at radius 3 is 2.62 bits per heavy atom. The van der Waals surface area contributed by atoms with E-state index in [9.17, 15) is 4.79 Å². The maximum absolute atomic E-state index is 13.1. The van der Waals surface area contributed by atoms with E-state index in [1.807, 2.05) is 0 Å². The topological polar surface area (TPSA) is 32.3 Å². The van der Waals surface area contributed by atoms with Gasteiger partial charge in [-0.1, -0.05) is 24.3 Å². The zero-order chi connectivity index (χ0) is 16.9. The van der Waals surface area contributed by atoms with Gasteiger partial charge in [0.15, 0.2) is 0 Å². The number of piperidine rings is 1. The van der Waals surface area contributed by atoms with E-state index in [4.69, 9.17) is 0 Å². The molecule has 1 aromatic heterocycles. The van der Waals surface area contributed by atoms with Crippen LogP contribution >= 0.6 is 23.7 Å². The number of aryl methyl sites for hydroxylation is 2. The number of rotatable bonds is 1. The molecule has 2 aromatic rings. The van der Waals surface area contributed by atoms with Crippen molar-refractivity contribution in [1.82, 2.24) is 10.2 Å². The number of nitrogens with one attached hydrogen (secondary N) is 1. The third-order valence-electron chi connectivity index (χ3n) is 6.39. The molecule has 0 bridgehead atoms. The lowest BCUT2D eigenvalue weighted by Gasteiger charge is -2.38. The van der Waals surface area contributed by atoms with Crippen LogP contribution in [0.1, 0.15) is 40.1 Å². The van der Waals surface area contributed by atoms with Crippen LogP contribution in [0, 0.1) is 5.41 Å². The Morgan fingerprint density at radius 2 is 1.85 bits per heavy atom. The van der Waals surface area contributed by atoms with Gasteiger partial charge in [0.05, 0.1) is 4.88 Å². The van der Waals surface area contributed by atoms with Crippen LogP contribution in [-0.2, 0) is 12.8 Å². The summed E-state index contributed by atoms with van der Waals surface area (Å²) in [6, 6.07) is 10.8. The predicted octanol–water partition coefficient (Wildman–Crippen LogP) is 4.15. The first kappa shape index (κ1) is 18.0. The maximum atomic E-state index is 13.1. The van der Waals surface area contributed by atoms with Crippen LogP contribution in [0.15, 0.2) is 30.3 Å². The summed E-state index contributed by atoms with van der Waals surface area (Å²) in [7, 11) is 0. The molecule has 1 aliphatic carbocycles. The van der Waals surface area contributed by atoms with Gasteiger partial charge in [-0.2, -0.15) is 0 Å². The number of thiophene rings is 1. The average Bonchev–Trinajstić information content (AvgIpc) is 3.29. The number of hydrogen-bond donors (Lipinski definition) is 1. The summed E-state index contributed by atoms with van der Waals surface area (Å²) in [4.78, 5) is 17.4. The summed E-state index contributed by atoms with van der Waals surface area (Å²) in [5, 5.41) is 3.50. The Morgan fingerprint density at radius 1 is 1.08 bits per heavy atom. The van der Waals surface area contributed by atoms with Gasteiger partial charge in [-0.05, 0) is 66.8 Å². The third kappa shape index (κ3) is 2.98. The van der Waals surface area contributed by atoms with Crippen molar-refractivity contribution in [2.75, 3.05) is 26.2 Å². The number of nitrogens with zero attached hydrogens (tertiary/aromatic N) is 1. The maximum Gasteiger partial charge on any atom is 0.263 e. The first-order chi connectivity index (χ1) is 12.2. The van der Waals surface area contributed by atoms with Gasteiger partial charge in [0.2, 0.25) is 0 Å². The third-order valence-corrected chi connectivity index (χ3v) is 7.59. The number of likely N-dealkylation sites (tertiary alicyclic amines) is 1. The highest BCUT2D eigenvalue weighted by Gasteiger charge is 2.38. The zero-order valence-electron chi connectivity index (χ0n) is 14.9. The van der Waals surface area contributed by atoms with Crippen LogP contribution < -0.4 is 5.32 Å². The van der Waals surface area contributed by atoms with Crippen molar-refractivity contribution >= 4 is 29.7 Å². The van der Waals surface area contributed by atoms with Crippen molar-refractivity contribution < 1.29 is 4.79 Å². The normalized spacial score (nSPS) is 20.4. The minimum absolute atomic E-state index is 0. The molecular weight excluding hydrogens is 364 g/mol. The van der Waals surface area contributed by atoms with Crippen LogP contribution in [0.3, 0.4) is 0 Å². The molecule has 26 heavy (non-hydrogen) atoms. The van der Waals surface area contributed by atoms with Crippen LogP contribution in [0.5, 0.6) is 0 Å². The highest BCUT2D eigenvalue weighted by Crippen LogP contribution is 2.41. The summed E-state index contributed by atoms with van der Waals surface area (Å²) in [5.41, 5.74) is 4.58. The first-order valence-corrected chi connectivity index (χ1v) is 10.3. The van der Waals surface area contributed by atoms with Gasteiger partial charge in [0.1, 0.15) is 0 Å². The van der Waals surface area contributed by atoms with Gasteiger partial charge < -0.3 is 10.2 Å². The second-order valence-corrected chi connectivity index (χ2v) is 8.89. The molecule has 0 unspecified atom stereocenters. The molecule has 1 aromatic carbocycles. The van der Waals surface area contributed by atoms with Gasteiger partial charge >= 0.3 is 0 Å². The highest BCUT2D eigenvalue weighted by molar-refractivity contribution is 7.17. The number of fused-ring (bicyclic) bond motifs is 3. The number of carbonyl (C=O) groups excluding carboxylic acids is 1. The van der Waals surface area contributed by atoms with E-state index in [0.29, 0.717) is 5.41 Å². The Bertz CT molecular complexity index is 815. The van der Waals surface area contributed by atoms with Crippen LogP contribution in [0.4, 0.5) is 0 Å². The quantitative estimate of drug-likeness (QED) is 0.795. The number of carbonyl (C=O) groups is 1. The minimum atomic E-state index is 0. The smallest absolute Gasteiger partial charge is 0.263 e. The van der Waals surface area contributed by atoms with E-state index < -0.39 is 0 Å². The Kier molecular flexibility index (Phi) is 4.84. The van der Waals surface area contributed by atoms with Gasteiger partial charge in [-0.15, -0.1) is 23.7 Å². The molecule has 3 aliphatic rings. The summed E-state index contributed by atoms with van der Waals surface area (Å²) >= 11 is 1.70. The molecule has 5 heteroatoms. The SMILES string of the molecule is Cl.O=C(c1cc2c(s1)-c1ccccc1CC2)N1CCC2(CCNC2)CC1. The van der Waals surface area contributed by atoms with E-state index in [-0.39, 0.29) is 18.3 Å². The average molecular weight is 389 g/mol. The van der Waals surface area contributed by atoms with Crippen LogP contribution in [0.2, 0.25) is 0 Å². The Labute approximate surface area is 165 Å². The van der Waals surface area contributed by atoms with E-state index in [2.05, 4.69) is 40.5 Å². The fraction of sp³-hybridized carbons (Fsp3) is 0.476. The molecule has 5 rings (SSSR count). The van der Waals surface area contributed by atoms with E-state index in [0.717, 1.165) is 56.7 Å². The van der Waals surface area contributed by atoms with Crippen molar-refractivity contribution in [3.8, 4) is 10.4 Å². The molecule has 1 N–H and O–H groups in total. The standard InChI is InChI=1S/C21H24N2OS.ClH/c24-20(23-11-8-21(9-12-23)7-10-22-14-21)18-13-16-6-5-15-3-1-2-4-17(15)19(16)25-18;/h1-4,13,22H,5-12,14H2;1H. The number of benzene rings is 1. The van der Waals surface area contributed by atoms with Gasteiger partial charge in [0, 0.05) is 24.5 Å². The van der Waals surface area contributed by atoms with E-state index in [1.165, 1.54) is 28.0 Å². The second-order valence-electron chi connectivity index (χ2n) is 7.84. The summed E-state index contributed by atoms with van der Waals surface area (Å²) in [6.45, 7) is 4.11. The molecule has 2 aliphatic heterocycles. The van der Waals surface area contributed by atoms with E-state index in [1.54, 1.807) is 11.3 Å². The number of halogens is 1. The lowest BCUT2D eigenvalue weighted by Crippen LogP contribution is -2.43. The number of amides is 1. The fourth-order valence-electron chi connectivity index (χ4n) is 4.74. The Hall–Kier alpha value is -1.36. The molecule has 1 amide bonds. The lowest BCUT2D eigenvalue weighted by molar-refractivity contribution is 0.0612. The summed E-state index contributed by atoms with van der Waals surface area (Å²) in [6.07, 6.45) is 5.73. The molecule has 3 nitrogen and oxygen atoms in total. The molecule has 0 saturated carbocycles. The minimum Gasteiger partial charge on any atom is -0.338 e. The summed E-state index contributed by atoms with van der Waals surface area (Å²) < 4.78 is 0. The molecule has 138 valence electrons. The van der Waals surface area contributed by atoms with Crippen molar-refractivity contribution in [3.63, 3.8) is 0 Å². The highest BCUT2D eigenvalue weighted by atomic mass is 35.5. The van der Waals surface area contributed by atoms with Gasteiger partial charge in [-0.25, -0.2) is 0 Å². The summed E-state index contributed by atoms with van der Waals surface area (Å²) in [5.74, 6) is 0.248. The zero-order valence-corrected chi connectivity index (χ0v) is 16.6. The van der Waals surface area contributed by atoms with Crippen molar-refractivity contribution in [1.29, 1.82) is 0 Å². The van der Waals surface area contributed by atoms with Gasteiger partial charge in [-0.3, -0.25) is 4.79 Å². The molecule has 0 radical (unpaired) electrons. The predicted molar refractivity (Wildman–Crippen MR) is 109 cm³/mol.